The fraction of sp³-hybridized carbons (Fsp3) is 0.364. The number of carbonyl (C=O) groups excluding carboxylic acids is 2. The summed E-state index contributed by atoms with van der Waals surface area (Å²) < 4.78 is 12.2. The number of hydrogen-bond donors (Lipinski definition) is 3. The number of amides is 2. The minimum absolute atomic E-state index is 0.00895. The van der Waals surface area contributed by atoms with Crippen molar-refractivity contribution in [3.63, 3.8) is 0 Å². The second-order valence-electron chi connectivity index (χ2n) is 7.62. The molecule has 13 heteroatoms. The Kier molecular flexibility index (Phi) is 9.17. The topological polar surface area (TPSA) is 171 Å². The molecule has 0 radical (unpaired) electrons. The first kappa shape index (κ1) is 25.7. The van der Waals surface area contributed by atoms with E-state index in [0.717, 1.165) is 0 Å². The van der Waals surface area contributed by atoms with E-state index in [4.69, 9.17) is 9.47 Å². The Bertz CT molecular complexity index is 1150. The standard InChI is InChI=1S/C22H26N6O7/c1-2-34-14-35-13-17(23-21(29)15-7-9-18(10-8-15)28(32)33)11-16(22(30)25-31)12-27-20-6-4-3-5-19(20)24-26-27/h3-10,16-17,31H,2,11-14H2,1H3,(H,23,29)(H,25,30). The predicted molar refractivity (Wildman–Crippen MR) is 122 cm³/mol. The molecule has 186 valence electrons. The van der Waals surface area contributed by atoms with Crippen molar-refractivity contribution < 1.29 is 29.2 Å². The number of non-ortho nitro benzene ring substituents is 1. The zero-order chi connectivity index (χ0) is 25.2. The van der Waals surface area contributed by atoms with Crippen molar-refractivity contribution in [1.82, 2.24) is 25.8 Å². The van der Waals surface area contributed by atoms with Gasteiger partial charge in [-0.25, -0.2) is 10.2 Å². The maximum Gasteiger partial charge on any atom is 0.269 e. The molecule has 2 unspecified atom stereocenters. The van der Waals surface area contributed by atoms with Crippen molar-refractivity contribution in [3.8, 4) is 0 Å². The van der Waals surface area contributed by atoms with E-state index in [1.165, 1.54) is 24.3 Å². The average Bonchev–Trinajstić information content (AvgIpc) is 3.28. The summed E-state index contributed by atoms with van der Waals surface area (Å²) in [6, 6.07) is 11.7. The van der Waals surface area contributed by atoms with Crippen LogP contribution in [0, 0.1) is 16.0 Å². The second-order valence-corrected chi connectivity index (χ2v) is 7.62. The summed E-state index contributed by atoms with van der Waals surface area (Å²) in [6.45, 7) is 2.34. The van der Waals surface area contributed by atoms with Gasteiger partial charge in [-0.3, -0.25) is 24.9 Å². The zero-order valence-corrected chi connectivity index (χ0v) is 19.0. The number of nitro benzene ring substituents is 1. The number of carbonyl (C=O) groups is 2. The minimum Gasteiger partial charge on any atom is -0.356 e. The van der Waals surface area contributed by atoms with Crippen LogP contribution in [-0.2, 0) is 20.8 Å². The van der Waals surface area contributed by atoms with Gasteiger partial charge in [0.25, 0.3) is 11.6 Å². The highest BCUT2D eigenvalue weighted by molar-refractivity contribution is 5.94. The lowest BCUT2D eigenvalue weighted by molar-refractivity contribution is -0.384. The molecular formula is C22H26N6O7. The van der Waals surface area contributed by atoms with Crippen molar-refractivity contribution in [2.75, 3.05) is 20.0 Å². The summed E-state index contributed by atoms with van der Waals surface area (Å²) in [5.41, 5.74) is 3.09. The molecule has 0 spiro atoms. The number of nitrogens with zero attached hydrogens (tertiary/aromatic N) is 4. The molecule has 1 heterocycles. The zero-order valence-electron chi connectivity index (χ0n) is 19.0. The third-order valence-electron chi connectivity index (χ3n) is 5.23. The molecule has 0 aliphatic rings. The number of hydroxylamine groups is 1. The Labute approximate surface area is 200 Å². The lowest BCUT2D eigenvalue weighted by Crippen LogP contribution is -2.43. The number of hydrogen-bond acceptors (Lipinski definition) is 9. The lowest BCUT2D eigenvalue weighted by atomic mass is 9.98. The number of benzene rings is 2. The molecule has 0 bridgehead atoms. The molecule has 35 heavy (non-hydrogen) atoms. The van der Waals surface area contributed by atoms with E-state index in [1.54, 1.807) is 23.2 Å². The summed E-state index contributed by atoms with van der Waals surface area (Å²) in [5, 5.41) is 31.1. The SMILES string of the molecule is CCOCOCC(CC(Cn1nnc2ccccc21)C(=O)NO)NC(=O)c1ccc([N+](=O)[O-])cc1. The first-order valence-electron chi connectivity index (χ1n) is 10.9. The van der Waals surface area contributed by atoms with Crippen LogP contribution in [0.25, 0.3) is 11.0 Å². The number of para-hydroxylation sites is 1. The van der Waals surface area contributed by atoms with Gasteiger partial charge < -0.3 is 14.8 Å². The predicted octanol–water partition coefficient (Wildman–Crippen LogP) is 1.66. The first-order valence-corrected chi connectivity index (χ1v) is 10.9. The molecule has 3 N–H and O–H groups in total. The van der Waals surface area contributed by atoms with E-state index in [2.05, 4.69) is 15.6 Å². The summed E-state index contributed by atoms with van der Waals surface area (Å²) in [5.74, 6) is -1.97. The van der Waals surface area contributed by atoms with Gasteiger partial charge in [0.1, 0.15) is 12.3 Å². The fourth-order valence-electron chi connectivity index (χ4n) is 3.46. The van der Waals surface area contributed by atoms with E-state index in [1.807, 2.05) is 18.2 Å². The van der Waals surface area contributed by atoms with Crippen LogP contribution in [0.15, 0.2) is 48.5 Å². The summed E-state index contributed by atoms with van der Waals surface area (Å²) in [6.07, 6.45) is 0.0887. The van der Waals surface area contributed by atoms with Crippen molar-refractivity contribution in [1.29, 1.82) is 0 Å². The van der Waals surface area contributed by atoms with Gasteiger partial charge in [-0.15, -0.1) is 5.10 Å². The smallest absolute Gasteiger partial charge is 0.269 e. The van der Waals surface area contributed by atoms with Crippen molar-refractivity contribution in [3.05, 3.63) is 64.2 Å². The number of fused-ring (bicyclic) bond motifs is 1. The van der Waals surface area contributed by atoms with Crippen LogP contribution in [-0.4, -0.2) is 63.0 Å². The van der Waals surface area contributed by atoms with Gasteiger partial charge in [0, 0.05) is 24.3 Å². The Morgan fingerprint density at radius 2 is 1.91 bits per heavy atom. The molecule has 3 rings (SSSR count). The highest BCUT2D eigenvalue weighted by atomic mass is 16.7. The van der Waals surface area contributed by atoms with Crippen LogP contribution in [0.4, 0.5) is 5.69 Å². The molecule has 1 aromatic heterocycles. The van der Waals surface area contributed by atoms with Crippen molar-refractivity contribution >= 4 is 28.5 Å². The molecule has 0 aliphatic heterocycles. The third kappa shape index (κ3) is 7.02. The van der Waals surface area contributed by atoms with E-state index < -0.39 is 28.7 Å². The average molecular weight is 486 g/mol. The molecular weight excluding hydrogens is 460 g/mol. The maximum absolute atomic E-state index is 12.8. The van der Waals surface area contributed by atoms with Gasteiger partial charge in [0.15, 0.2) is 0 Å². The van der Waals surface area contributed by atoms with Gasteiger partial charge in [0.05, 0.1) is 35.6 Å². The molecule has 2 atom stereocenters. The van der Waals surface area contributed by atoms with Crippen LogP contribution in [0.3, 0.4) is 0 Å². The summed E-state index contributed by atoms with van der Waals surface area (Å²) in [7, 11) is 0. The maximum atomic E-state index is 12.8. The minimum atomic E-state index is -0.803. The Morgan fingerprint density at radius 3 is 2.60 bits per heavy atom. The second kappa shape index (κ2) is 12.5. The molecule has 2 aromatic carbocycles. The number of ether oxygens (including phenoxy) is 2. The quantitative estimate of drug-likeness (QED) is 0.107. The van der Waals surface area contributed by atoms with Crippen LogP contribution >= 0.6 is 0 Å². The van der Waals surface area contributed by atoms with Crippen LogP contribution < -0.4 is 10.8 Å². The molecule has 2 amide bonds. The number of nitro groups is 1. The largest absolute Gasteiger partial charge is 0.356 e. The fourth-order valence-corrected chi connectivity index (χ4v) is 3.46. The van der Waals surface area contributed by atoms with E-state index in [-0.39, 0.29) is 37.6 Å². The van der Waals surface area contributed by atoms with Gasteiger partial charge in [-0.05, 0) is 37.6 Å². The molecule has 0 aliphatic carbocycles. The van der Waals surface area contributed by atoms with Crippen molar-refractivity contribution in [2.45, 2.75) is 25.9 Å². The highest BCUT2D eigenvalue weighted by Crippen LogP contribution is 2.17. The van der Waals surface area contributed by atoms with Crippen LogP contribution in [0.2, 0.25) is 0 Å². The molecule has 0 saturated carbocycles. The lowest BCUT2D eigenvalue weighted by Gasteiger charge is -2.23. The van der Waals surface area contributed by atoms with E-state index >= 15 is 0 Å². The highest BCUT2D eigenvalue weighted by Gasteiger charge is 2.26. The van der Waals surface area contributed by atoms with Gasteiger partial charge in [-0.2, -0.15) is 0 Å². The van der Waals surface area contributed by atoms with Gasteiger partial charge >= 0.3 is 0 Å². The summed E-state index contributed by atoms with van der Waals surface area (Å²) in [4.78, 5) is 35.6. The number of rotatable bonds is 13. The Balaban J connectivity index is 1.76. The molecule has 0 fully saturated rings. The molecule has 3 aromatic rings. The number of aromatic nitrogens is 3. The molecule has 13 nitrogen and oxygen atoms in total. The van der Waals surface area contributed by atoms with E-state index in [0.29, 0.717) is 17.6 Å². The van der Waals surface area contributed by atoms with Crippen LogP contribution in [0.1, 0.15) is 23.7 Å². The Morgan fingerprint density at radius 1 is 1.17 bits per heavy atom. The van der Waals surface area contributed by atoms with Crippen molar-refractivity contribution in [2.24, 2.45) is 5.92 Å². The Hall–Kier alpha value is -3.94. The van der Waals surface area contributed by atoms with Gasteiger partial charge in [-0.1, -0.05) is 17.3 Å². The third-order valence-corrected chi connectivity index (χ3v) is 5.23. The van der Waals surface area contributed by atoms with E-state index in [9.17, 15) is 24.9 Å². The number of nitrogens with one attached hydrogen (secondary N) is 2. The monoisotopic (exact) mass is 486 g/mol. The first-order chi connectivity index (χ1) is 16.9. The van der Waals surface area contributed by atoms with Gasteiger partial charge in [0.2, 0.25) is 5.91 Å². The molecule has 0 saturated heterocycles. The normalized spacial score (nSPS) is 12.7. The van der Waals surface area contributed by atoms with Crippen LogP contribution in [0.5, 0.6) is 0 Å². The summed E-state index contributed by atoms with van der Waals surface area (Å²) >= 11 is 0.